The molecule has 0 fully saturated rings. The van der Waals surface area contributed by atoms with E-state index >= 15 is 0 Å². The summed E-state index contributed by atoms with van der Waals surface area (Å²) in [6.45, 7) is 14.3. The van der Waals surface area contributed by atoms with E-state index in [0.717, 1.165) is 53.0 Å². The van der Waals surface area contributed by atoms with Crippen molar-refractivity contribution in [1.82, 2.24) is 4.90 Å². The van der Waals surface area contributed by atoms with E-state index in [1.165, 1.54) is 27.8 Å². The summed E-state index contributed by atoms with van der Waals surface area (Å²) in [4.78, 5) is 12.1. The van der Waals surface area contributed by atoms with Crippen molar-refractivity contribution in [2.24, 2.45) is 9.98 Å². The van der Waals surface area contributed by atoms with Crippen molar-refractivity contribution >= 4 is 34.7 Å². The molecule has 1 aromatic carbocycles. The summed E-state index contributed by atoms with van der Waals surface area (Å²) in [5, 5.41) is 1.50. The minimum Gasteiger partial charge on any atom is -0.329 e. The number of nitrogens with zero attached hydrogens (tertiary/aromatic N) is 3. The molecule has 0 aromatic heterocycles. The van der Waals surface area contributed by atoms with Gasteiger partial charge in [-0.15, -0.1) is 0 Å². The molecular weight excluding hydrogens is 425 g/mol. The Kier molecular flexibility index (Phi) is 7.82. The lowest BCUT2D eigenvalue weighted by Gasteiger charge is -2.22. The monoisotopic (exact) mass is 457 g/mol. The largest absolute Gasteiger partial charge is 0.329 e. The van der Waals surface area contributed by atoms with Gasteiger partial charge in [-0.1, -0.05) is 49.5 Å². The highest BCUT2D eigenvalue weighted by Gasteiger charge is 2.31. The van der Waals surface area contributed by atoms with Gasteiger partial charge in [0.2, 0.25) is 0 Å². The van der Waals surface area contributed by atoms with Crippen LogP contribution in [0.1, 0.15) is 64.2 Å². The van der Waals surface area contributed by atoms with Gasteiger partial charge in [0.05, 0.1) is 24.2 Å². The van der Waals surface area contributed by atoms with E-state index in [9.17, 15) is 0 Å². The lowest BCUT2D eigenvalue weighted by atomic mass is 9.99. The molecule has 0 saturated carbocycles. The number of fused-ring (bicyclic) bond motifs is 1. The van der Waals surface area contributed by atoms with Crippen LogP contribution in [-0.2, 0) is 6.42 Å². The second kappa shape index (κ2) is 10.2. The van der Waals surface area contributed by atoms with E-state index in [1.54, 1.807) is 0 Å². The van der Waals surface area contributed by atoms with Crippen LogP contribution in [0.4, 0.5) is 0 Å². The third kappa shape index (κ3) is 5.15. The first kappa shape index (κ1) is 23.8. The van der Waals surface area contributed by atoms with E-state index < -0.39 is 0 Å². The molecule has 31 heavy (non-hydrogen) atoms. The molecule has 0 amide bonds. The van der Waals surface area contributed by atoms with Crippen LogP contribution in [0, 0.1) is 6.92 Å². The molecule has 3 nitrogen and oxygen atoms in total. The highest BCUT2D eigenvalue weighted by atomic mass is 35.5. The van der Waals surface area contributed by atoms with Crippen molar-refractivity contribution in [3.05, 3.63) is 67.9 Å². The van der Waals surface area contributed by atoms with Crippen LogP contribution in [0.5, 0.6) is 0 Å². The summed E-state index contributed by atoms with van der Waals surface area (Å²) < 4.78 is 0. The fraction of sp³-hybridized carbons (Fsp3) is 0.462. The van der Waals surface area contributed by atoms with Crippen molar-refractivity contribution in [3.8, 4) is 0 Å². The minimum atomic E-state index is 0.0702. The SMILES string of the molecule is CCC1=CN2CC(/C(C/N=C(\C)c3cc(CC)c(C)cc3Cl)=C(\C)CC)N=C2C(Cl)=C1. The Morgan fingerprint density at radius 1 is 1.16 bits per heavy atom. The summed E-state index contributed by atoms with van der Waals surface area (Å²) >= 11 is 13.1. The number of hydrogen-bond acceptors (Lipinski definition) is 3. The molecule has 0 N–H and O–H groups in total. The van der Waals surface area contributed by atoms with Crippen LogP contribution in [0.15, 0.2) is 56.1 Å². The highest BCUT2D eigenvalue weighted by Crippen LogP contribution is 2.30. The highest BCUT2D eigenvalue weighted by molar-refractivity contribution is 6.43. The zero-order valence-corrected chi connectivity index (χ0v) is 21.0. The van der Waals surface area contributed by atoms with Gasteiger partial charge >= 0.3 is 0 Å². The molecule has 0 spiro atoms. The first-order valence-electron chi connectivity index (χ1n) is 11.2. The molecule has 2 aliphatic rings. The number of aryl methyl sites for hydroxylation is 2. The Morgan fingerprint density at radius 3 is 2.55 bits per heavy atom. The number of aliphatic imine (C=N–C) groups is 2. The fourth-order valence-electron chi connectivity index (χ4n) is 4.11. The number of hydrogen-bond donors (Lipinski definition) is 0. The zero-order valence-electron chi connectivity index (χ0n) is 19.5. The Balaban J connectivity index is 1.88. The lowest BCUT2D eigenvalue weighted by molar-refractivity contribution is 0.555. The maximum absolute atomic E-state index is 6.56. The third-order valence-corrected chi connectivity index (χ3v) is 6.93. The van der Waals surface area contributed by atoms with Gasteiger partial charge in [0.15, 0.2) is 0 Å². The van der Waals surface area contributed by atoms with E-state index in [4.69, 9.17) is 33.2 Å². The standard InChI is InChI=1S/C26H33Cl2N3/c1-7-16(4)22(25-15-31-14-19(8-2)11-24(28)26(31)30-25)13-29-18(6)21-12-20(9-3)17(5)10-23(21)27/h10-12,14,25H,7-9,13,15H2,1-6H3/b22-16+,29-18+. The van der Waals surface area contributed by atoms with Gasteiger partial charge in [-0.3, -0.25) is 9.98 Å². The molecule has 2 heterocycles. The van der Waals surface area contributed by atoms with Crippen molar-refractivity contribution in [1.29, 1.82) is 0 Å². The van der Waals surface area contributed by atoms with Crippen LogP contribution in [0.2, 0.25) is 5.02 Å². The summed E-state index contributed by atoms with van der Waals surface area (Å²) in [6, 6.07) is 4.31. The molecule has 2 aliphatic heterocycles. The third-order valence-electron chi connectivity index (χ3n) is 6.34. The maximum Gasteiger partial charge on any atom is 0.147 e. The van der Waals surface area contributed by atoms with Gasteiger partial charge in [0.1, 0.15) is 5.84 Å². The maximum atomic E-state index is 6.56. The quantitative estimate of drug-likeness (QED) is 0.312. The van der Waals surface area contributed by atoms with Crippen LogP contribution in [0.25, 0.3) is 0 Å². The molecule has 0 saturated heterocycles. The normalized spacial score (nSPS) is 19.6. The van der Waals surface area contributed by atoms with Gasteiger partial charge in [-0.25, -0.2) is 0 Å². The Bertz CT molecular complexity index is 1010. The van der Waals surface area contributed by atoms with Crippen LogP contribution < -0.4 is 0 Å². The molecule has 1 unspecified atom stereocenters. The first-order valence-corrected chi connectivity index (χ1v) is 12.0. The topological polar surface area (TPSA) is 28.0 Å². The number of rotatable bonds is 7. The second-order valence-electron chi connectivity index (χ2n) is 8.34. The molecule has 5 heteroatoms. The smallest absolute Gasteiger partial charge is 0.147 e. The van der Waals surface area contributed by atoms with Crippen LogP contribution in [0.3, 0.4) is 0 Å². The Morgan fingerprint density at radius 2 is 1.90 bits per heavy atom. The lowest BCUT2D eigenvalue weighted by Crippen LogP contribution is -2.28. The van der Waals surface area contributed by atoms with E-state index in [1.807, 2.05) is 6.08 Å². The summed E-state index contributed by atoms with van der Waals surface area (Å²) in [5.74, 6) is 0.875. The van der Waals surface area contributed by atoms with Crippen molar-refractivity contribution in [2.75, 3.05) is 13.1 Å². The average molecular weight is 458 g/mol. The molecule has 0 aliphatic carbocycles. The molecule has 0 bridgehead atoms. The van der Waals surface area contributed by atoms with E-state index in [2.05, 4.69) is 64.8 Å². The number of amidine groups is 1. The van der Waals surface area contributed by atoms with Gasteiger partial charge < -0.3 is 4.90 Å². The molecular formula is C26H33Cl2N3. The average Bonchev–Trinajstić information content (AvgIpc) is 3.17. The van der Waals surface area contributed by atoms with E-state index in [0.29, 0.717) is 6.54 Å². The predicted molar refractivity (Wildman–Crippen MR) is 136 cm³/mol. The predicted octanol–water partition coefficient (Wildman–Crippen LogP) is 7.26. The van der Waals surface area contributed by atoms with Crippen LogP contribution >= 0.6 is 23.2 Å². The van der Waals surface area contributed by atoms with Crippen LogP contribution in [-0.4, -0.2) is 35.6 Å². The molecule has 0 radical (unpaired) electrons. The molecule has 166 valence electrons. The van der Waals surface area contributed by atoms with Gasteiger partial charge in [0.25, 0.3) is 0 Å². The summed E-state index contributed by atoms with van der Waals surface area (Å²) in [6.07, 6.45) is 7.14. The molecule has 1 aromatic rings. The first-order chi connectivity index (χ1) is 14.8. The Labute approximate surface area is 197 Å². The van der Waals surface area contributed by atoms with Gasteiger partial charge in [-0.05, 0) is 80.5 Å². The van der Waals surface area contributed by atoms with Crippen molar-refractivity contribution in [2.45, 2.75) is 66.8 Å². The van der Waals surface area contributed by atoms with E-state index in [-0.39, 0.29) is 6.04 Å². The zero-order chi connectivity index (χ0) is 22.7. The fourth-order valence-corrected chi connectivity index (χ4v) is 4.76. The van der Waals surface area contributed by atoms with Gasteiger partial charge in [0, 0.05) is 22.5 Å². The summed E-state index contributed by atoms with van der Waals surface area (Å²) in [5.41, 5.74) is 8.39. The minimum absolute atomic E-state index is 0.0702. The number of benzene rings is 1. The molecule has 3 rings (SSSR count). The number of halogens is 2. The number of allylic oxidation sites excluding steroid dienone is 3. The van der Waals surface area contributed by atoms with Gasteiger partial charge in [-0.2, -0.15) is 0 Å². The van der Waals surface area contributed by atoms with Crippen molar-refractivity contribution in [3.63, 3.8) is 0 Å². The Hall–Kier alpha value is -1.84. The summed E-state index contributed by atoms with van der Waals surface area (Å²) in [7, 11) is 0. The molecule has 1 atom stereocenters. The second-order valence-corrected chi connectivity index (χ2v) is 9.16. The van der Waals surface area contributed by atoms with Crippen molar-refractivity contribution < 1.29 is 0 Å².